The molecule has 0 amide bonds. The van der Waals surface area contributed by atoms with Crippen LogP contribution < -0.4 is 4.74 Å². The molecule has 2 aromatic rings. The van der Waals surface area contributed by atoms with E-state index in [1.165, 1.54) is 14.0 Å². The molecule has 1 aromatic carbocycles. The van der Waals surface area contributed by atoms with Gasteiger partial charge in [-0.05, 0) is 24.1 Å². The van der Waals surface area contributed by atoms with E-state index in [0.717, 1.165) is 12.1 Å². The smallest absolute Gasteiger partial charge is 0.416 e. The minimum Gasteiger partial charge on any atom is -0.473 e. The molecule has 24 heavy (non-hydrogen) atoms. The Balaban J connectivity index is 2.17. The summed E-state index contributed by atoms with van der Waals surface area (Å²) in [6.07, 6.45) is -4.40. The van der Waals surface area contributed by atoms with Crippen molar-refractivity contribution in [1.29, 1.82) is 0 Å². The van der Waals surface area contributed by atoms with E-state index in [1.54, 1.807) is 24.3 Å². The summed E-state index contributed by atoms with van der Waals surface area (Å²) in [6, 6.07) is 8.80. The van der Waals surface area contributed by atoms with Gasteiger partial charge in [0.25, 0.3) is 0 Å². The van der Waals surface area contributed by atoms with Crippen LogP contribution in [0.3, 0.4) is 0 Å². The molecule has 0 radical (unpaired) electrons. The van der Waals surface area contributed by atoms with Gasteiger partial charge in [-0.3, -0.25) is 4.79 Å². The zero-order chi connectivity index (χ0) is 17.7. The van der Waals surface area contributed by atoms with Crippen molar-refractivity contribution in [2.24, 2.45) is 0 Å². The molecular formula is C17H16F3NO3. The third-order valence-corrected chi connectivity index (χ3v) is 3.31. The van der Waals surface area contributed by atoms with Gasteiger partial charge >= 0.3 is 12.1 Å². The number of hydrogen-bond donors (Lipinski definition) is 0. The molecule has 0 saturated heterocycles. The number of halogens is 3. The van der Waals surface area contributed by atoms with E-state index < -0.39 is 17.7 Å². The van der Waals surface area contributed by atoms with Crippen LogP contribution in [0.1, 0.15) is 22.4 Å². The highest BCUT2D eigenvalue weighted by Gasteiger charge is 2.31. The van der Waals surface area contributed by atoms with Crippen LogP contribution in [0, 0.1) is 6.92 Å². The monoisotopic (exact) mass is 339 g/mol. The van der Waals surface area contributed by atoms with Gasteiger partial charge in [-0.25, -0.2) is 4.98 Å². The van der Waals surface area contributed by atoms with Crippen LogP contribution in [0.15, 0.2) is 36.4 Å². The van der Waals surface area contributed by atoms with E-state index >= 15 is 0 Å². The first-order valence-electron chi connectivity index (χ1n) is 7.12. The fourth-order valence-corrected chi connectivity index (χ4v) is 2.13. The summed E-state index contributed by atoms with van der Waals surface area (Å²) < 4.78 is 48.5. The lowest BCUT2D eigenvalue weighted by Crippen LogP contribution is -2.10. The number of carbonyl (C=O) groups excluding carboxylic acids is 1. The van der Waals surface area contributed by atoms with Crippen LogP contribution in [0.4, 0.5) is 13.2 Å². The van der Waals surface area contributed by atoms with Crippen molar-refractivity contribution < 1.29 is 27.4 Å². The molecule has 0 unspecified atom stereocenters. The van der Waals surface area contributed by atoms with Gasteiger partial charge < -0.3 is 9.47 Å². The number of benzene rings is 1. The predicted octanol–water partition coefficient (Wildman–Crippen LogP) is 3.70. The van der Waals surface area contributed by atoms with Crippen molar-refractivity contribution in [1.82, 2.24) is 4.98 Å². The third kappa shape index (κ3) is 4.71. The van der Waals surface area contributed by atoms with Crippen molar-refractivity contribution in [3.05, 3.63) is 58.8 Å². The Kier molecular flexibility index (Phi) is 5.43. The lowest BCUT2D eigenvalue weighted by Gasteiger charge is -2.12. The molecule has 2 rings (SSSR count). The number of aromatic nitrogens is 1. The van der Waals surface area contributed by atoms with Gasteiger partial charge in [-0.2, -0.15) is 13.2 Å². The fourth-order valence-electron chi connectivity index (χ4n) is 2.13. The zero-order valence-corrected chi connectivity index (χ0v) is 13.2. The van der Waals surface area contributed by atoms with Gasteiger partial charge in [0.05, 0.1) is 19.1 Å². The highest BCUT2D eigenvalue weighted by Crippen LogP contribution is 2.31. The summed E-state index contributed by atoms with van der Waals surface area (Å²) in [5.74, 6) is -0.523. The molecule has 0 atom stereocenters. The standard InChI is InChI=1S/C17H16F3NO3/c1-11-7-14(17(18,19)20)9-15(21-11)24-10-13-6-4-3-5-12(13)8-16(22)23-2/h3-7,9H,8,10H2,1-2H3. The molecule has 0 aliphatic carbocycles. The molecule has 0 bridgehead atoms. The van der Waals surface area contributed by atoms with Crippen molar-refractivity contribution >= 4 is 5.97 Å². The Morgan fingerprint density at radius 1 is 1.17 bits per heavy atom. The highest BCUT2D eigenvalue weighted by molar-refractivity contribution is 5.72. The van der Waals surface area contributed by atoms with Crippen LogP contribution in [-0.2, 0) is 28.7 Å². The molecule has 0 aliphatic heterocycles. The van der Waals surface area contributed by atoms with E-state index in [9.17, 15) is 18.0 Å². The van der Waals surface area contributed by atoms with E-state index in [1.807, 2.05) is 0 Å². The van der Waals surface area contributed by atoms with Crippen molar-refractivity contribution in [3.63, 3.8) is 0 Å². The summed E-state index contributed by atoms with van der Waals surface area (Å²) in [4.78, 5) is 15.4. The number of rotatable bonds is 5. The van der Waals surface area contributed by atoms with Crippen molar-refractivity contribution in [2.45, 2.75) is 26.1 Å². The first kappa shape index (κ1) is 17.8. The number of esters is 1. The number of alkyl halides is 3. The average molecular weight is 339 g/mol. The van der Waals surface area contributed by atoms with Crippen LogP contribution in [0.5, 0.6) is 5.88 Å². The van der Waals surface area contributed by atoms with Crippen LogP contribution in [-0.4, -0.2) is 18.1 Å². The maximum Gasteiger partial charge on any atom is 0.416 e. The molecule has 0 spiro atoms. The molecule has 1 heterocycles. The van der Waals surface area contributed by atoms with Gasteiger partial charge in [0, 0.05) is 11.8 Å². The second-order valence-electron chi connectivity index (χ2n) is 5.14. The Labute approximate surface area is 137 Å². The lowest BCUT2D eigenvalue weighted by atomic mass is 10.1. The second-order valence-corrected chi connectivity index (χ2v) is 5.14. The second kappa shape index (κ2) is 7.33. The van der Waals surface area contributed by atoms with E-state index in [4.69, 9.17) is 4.74 Å². The average Bonchev–Trinajstić information content (AvgIpc) is 2.52. The number of aryl methyl sites for hydroxylation is 1. The molecule has 0 N–H and O–H groups in total. The number of nitrogens with zero attached hydrogens (tertiary/aromatic N) is 1. The molecule has 7 heteroatoms. The van der Waals surface area contributed by atoms with E-state index in [2.05, 4.69) is 9.72 Å². The lowest BCUT2D eigenvalue weighted by molar-refractivity contribution is -0.140. The summed E-state index contributed by atoms with van der Waals surface area (Å²) in [7, 11) is 1.29. The Morgan fingerprint density at radius 2 is 1.83 bits per heavy atom. The number of pyridine rings is 1. The molecule has 128 valence electrons. The predicted molar refractivity (Wildman–Crippen MR) is 80.5 cm³/mol. The van der Waals surface area contributed by atoms with E-state index in [-0.39, 0.29) is 24.6 Å². The Hall–Kier alpha value is -2.57. The summed E-state index contributed by atoms with van der Waals surface area (Å²) in [5.41, 5.74) is 0.767. The van der Waals surface area contributed by atoms with Gasteiger partial charge in [-0.15, -0.1) is 0 Å². The Bertz CT molecular complexity index is 729. The zero-order valence-electron chi connectivity index (χ0n) is 13.2. The van der Waals surface area contributed by atoms with Crippen LogP contribution in [0.25, 0.3) is 0 Å². The van der Waals surface area contributed by atoms with Crippen molar-refractivity contribution in [2.75, 3.05) is 7.11 Å². The first-order valence-corrected chi connectivity index (χ1v) is 7.12. The molecular weight excluding hydrogens is 323 g/mol. The maximum atomic E-state index is 12.8. The summed E-state index contributed by atoms with van der Waals surface area (Å²) in [5, 5.41) is 0. The summed E-state index contributed by atoms with van der Waals surface area (Å²) in [6.45, 7) is 1.47. The minimum absolute atomic E-state index is 0.000911. The molecule has 0 saturated carbocycles. The quantitative estimate of drug-likeness (QED) is 0.780. The van der Waals surface area contributed by atoms with E-state index in [0.29, 0.717) is 11.1 Å². The molecule has 4 nitrogen and oxygen atoms in total. The first-order chi connectivity index (χ1) is 11.3. The SMILES string of the molecule is COC(=O)Cc1ccccc1COc1cc(C(F)(F)F)cc(C)n1. The fraction of sp³-hybridized carbons (Fsp3) is 0.294. The number of hydrogen-bond acceptors (Lipinski definition) is 4. The van der Waals surface area contributed by atoms with Gasteiger partial charge in [0.1, 0.15) is 6.61 Å². The third-order valence-electron chi connectivity index (χ3n) is 3.31. The summed E-state index contributed by atoms with van der Waals surface area (Å²) >= 11 is 0. The van der Waals surface area contributed by atoms with Crippen LogP contribution >= 0.6 is 0 Å². The van der Waals surface area contributed by atoms with Gasteiger partial charge in [-0.1, -0.05) is 24.3 Å². The highest BCUT2D eigenvalue weighted by atomic mass is 19.4. The minimum atomic E-state index is -4.46. The van der Waals surface area contributed by atoms with Gasteiger partial charge in [0.15, 0.2) is 0 Å². The van der Waals surface area contributed by atoms with Gasteiger partial charge in [0.2, 0.25) is 5.88 Å². The number of methoxy groups -OCH3 is 1. The normalized spacial score (nSPS) is 11.2. The molecule has 1 aromatic heterocycles. The molecule has 0 aliphatic rings. The molecule has 0 fully saturated rings. The number of carbonyl (C=O) groups is 1. The topological polar surface area (TPSA) is 48.4 Å². The van der Waals surface area contributed by atoms with Crippen LogP contribution in [0.2, 0.25) is 0 Å². The number of ether oxygens (including phenoxy) is 2. The maximum absolute atomic E-state index is 12.8. The Morgan fingerprint density at radius 3 is 2.46 bits per heavy atom. The van der Waals surface area contributed by atoms with Crippen molar-refractivity contribution in [3.8, 4) is 5.88 Å². The largest absolute Gasteiger partial charge is 0.473 e.